The predicted molar refractivity (Wildman–Crippen MR) is 92.7 cm³/mol. The summed E-state index contributed by atoms with van der Waals surface area (Å²) in [6.07, 6.45) is 1.59. The maximum atomic E-state index is 11.4. The molecule has 0 aromatic heterocycles. The highest BCUT2D eigenvalue weighted by molar-refractivity contribution is 7.91. The zero-order valence-corrected chi connectivity index (χ0v) is 14.3. The third kappa shape index (κ3) is 6.48. The molecule has 23 heavy (non-hydrogen) atoms. The van der Waals surface area contributed by atoms with Crippen molar-refractivity contribution in [1.82, 2.24) is 10.6 Å². The van der Waals surface area contributed by atoms with Crippen molar-refractivity contribution in [2.24, 2.45) is 10.9 Å². The van der Waals surface area contributed by atoms with Crippen molar-refractivity contribution in [3.05, 3.63) is 30.3 Å². The molecule has 1 saturated heterocycles. The van der Waals surface area contributed by atoms with Crippen LogP contribution >= 0.6 is 0 Å². The van der Waals surface area contributed by atoms with Gasteiger partial charge in [0.1, 0.15) is 5.75 Å². The zero-order valence-electron chi connectivity index (χ0n) is 13.5. The molecular weight excluding hydrogens is 314 g/mol. The number of sulfone groups is 1. The first-order valence-corrected chi connectivity index (χ1v) is 9.74. The first-order valence-electron chi connectivity index (χ1n) is 7.92. The number of aliphatic imine (C=N–C) groups is 1. The van der Waals surface area contributed by atoms with Crippen LogP contribution < -0.4 is 15.4 Å². The van der Waals surface area contributed by atoms with Gasteiger partial charge in [-0.25, -0.2) is 8.42 Å². The fourth-order valence-electron chi connectivity index (χ4n) is 2.48. The van der Waals surface area contributed by atoms with Crippen LogP contribution in [0.5, 0.6) is 5.75 Å². The summed E-state index contributed by atoms with van der Waals surface area (Å²) in [5.41, 5.74) is 0. The summed E-state index contributed by atoms with van der Waals surface area (Å²) in [5, 5.41) is 6.40. The van der Waals surface area contributed by atoms with Crippen molar-refractivity contribution >= 4 is 15.8 Å². The van der Waals surface area contributed by atoms with E-state index in [1.807, 2.05) is 30.3 Å². The van der Waals surface area contributed by atoms with Crippen molar-refractivity contribution in [2.45, 2.75) is 12.8 Å². The first-order chi connectivity index (χ1) is 11.1. The molecular formula is C16H25N3O3S. The Morgan fingerprint density at radius 2 is 2.09 bits per heavy atom. The molecule has 6 nitrogen and oxygen atoms in total. The van der Waals surface area contributed by atoms with E-state index in [9.17, 15) is 8.42 Å². The molecule has 7 heteroatoms. The van der Waals surface area contributed by atoms with E-state index in [-0.39, 0.29) is 11.7 Å². The van der Waals surface area contributed by atoms with E-state index in [0.717, 1.165) is 25.1 Å². The summed E-state index contributed by atoms with van der Waals surface area (Å²) < 4.78 is 28.5. The Labute approximate surface area is 138 Å². The third-order valence-corrected chi connectivity index (χ3v) is 5.57. The lowest BCUT2D eigenvalue weighted by molar-refractivity contribution is 0.311. The Bertz CT molecular complexity index is 602. The number of benzene rings is 1. The van der Waals surface area contributed by atoms with Crippen LogP contribution in [0.1, 0.15) is 12.8 Å². The van der Waals surface area contributed by atoms with Gasteiger partial charge < -0.3 is 15.4 Å². The average Bonchev–Trinajstić information content (AvgIpc) is 2.90. The topological polar surface area (TPSA) is 79.8 Å². The molecule has 0 amide bonds. The van der Waals surface area contributed by atoms with E-state index in [1.54, 1.807) is 7.05 Å². The van der Waals surface area contributed by atoms with Gasteiger partial charge >= 0.3 is 0 Å². The highest BCUT2D eigenvalue weighted by Gasteiger charge is 2.27. The van der Waals surface area contributed by atoms with Crippen molar-refractivity contribution in [3.8, 4) is 5.75 Å². The summed E-state index contributed by atoms with van der Waals surface area (Å²) in [5.74, 6) is 2.34. The molecule has 0 radical (unpaired) electrons. The quantitative estimate of drug-likeness (QED) is 0.441. The molecule has 2 N–H and O–H groups in total. The van der Waals surface area contributed by atoms with Gasteiger partial charge in [0.25, 0.3) is 0 Å². The number of ether oxygens (including phenoxy) is 1. The fraction of sp³-hybridized carbons (Fsp3) is 0.562. The standard InChI is InChI=1S/C16H25N3O3S/c1-17-16(19-12-14-8-11-23(20,21)13-14)18-9-5-10-22-15-6-3-2-4-7-15/h2-4,6-7,14H,5,8-13H2,1H3,(H2,17,18,19). The number of guanidine groups is 1. The van der Waals surface area contributed by atoms with Gasteiger partial charge in [-0.2, -0.15) is 0 Å². The number of para-hydroxylation sites is 1. The second kappa shape index (κ2) is 8.76. The monoisotopic (exact) mass is 339 g/mol. The van der Waals surface area contributed by atoms with Crippen LogP contribution in [0.15, 0.2) is 35.3 Å². The normalized spacial score (nSPS) is 20.2. The summed E-state index contributed by atoms with van der Waals surface area (Å²) in [4.78, 5) is 4.15. The SMILES string of the molecule is CN=C(NCCCOc1ccccc1)NCC1CCS(=O)(=O)C1. The number of hydrogen-bond donors (Lipinski definition) is 2. The molecule has 2 rings (SSSR count). The Hall–Kier alpha value is -1.76. The van der Waals surface area contributed by atoms with E-state index < -0.39 is 9.84 Å². The van der Waals surface area contributed by atoms with E-state index in [2.05, 4.69) is 15.6 Å². The predicted octanol–water partition coefficient (Wildman–Crippen LogP) is 1.06. The smallest absolute Gasteiger partial charge is 0.190 e. The lowest BCUT2D eigenvalue weighted by Crippen LogP contribution is -2.40. The molecule has 1 aliphatic heterocycles. The van der Waals surface area contributed by atoms with Gasteiger partial charge in [0.05, 0.1) is 18.1 Å². The van der Waals surface area contributed by atoms with Crippen molar-refractivity contribution < 1.29 is 13.2 Å². The number of nitrogens with one attached hydrogen (secondary N) is 2. The molecule has 0 spiro atoms. The van der Waals surface area contributed by atoms with Crippen LogP contribution in [0.25, 0.3) is 0 Å². The Morgan fingerprint density at radius 1 is 1.30 bits per heavy atom. The maximum Gasteiger partial charge on any atom is 0.190 e. The molecule has 1 aromatic carbocycles. The highest BCUT2D eigenvalue weighted by Crippen LogP contribution is 2.17. The second-order valence-corrected chi connectivity index (χ2v) is 7.89. The van der Waals surface area contributed by atoms with Crippen LogP contribution in [-0.4, -0.2) is 52.6 Å². The fourth-order valence-corrected chi connectivity index (χ4v) is 4.34. The minimum absolute atomic E-state index is 0.181. The Morgan fingerprint density at radius 3 is 2.74 bits per heavy atom. The van der Waals surface area contributed by atoms with Crippen LogP contribution in [0, 0.1) is 5.92 Å². The number of rotatable bonds is 7. The summed E-state index contributed by atoms with van der Waals surface area (Å²) in [6, 6.07) is 9.72. The molecule has 128 valence electrons. The molecule has 1 aliphatic rings. The number of nitrogens with zero attached hydrogens (tertiary/aromatic N) is 1. The minimum atomic E-state index is -2.82. The summed E-state index contributed by atoms with van der Waals surface area (Å²) in [6.45, 7) is 2.02. The molecule has 1 aromatic rings. The van der Waals surface area contributed by atoms with Crippen LogP contribution in [0.3, 0.4) is 0 Å². The Balaban J connectivity index is 1.58. The van der Waals surface area contributed by atoms with E-state index >= 15 is 0 Å². The van der Waals surface area contributed by atoms with Gasteiger partial charge in [0.2, 0.25) is 0 Å². The number of hydrogen-bond acceptors (Lipinski definition) is 4. The maximum absolute atomic E-state index is 11.4. The molecule has 1 unspecified atom stereocenters. The van der Waals surface area contributed by atoms with Gasteiger partial charge in [-0.3, -0.25) is 4.99 Å². The Kier molecular flexibility index (Phi) is 6.70. The molecule has 1 heterocycles. The summed E-state index contributed by atoms with van der Waals surface area (Å²) >= 11 is 0. The highest BCUT2D eigenvalue weighted by atomic mass is 32.2. The van der Waals surface area contributed by atoms with Gasteiger partial charge in [-0.1, -0.05) is 18.2 Å². The van der Waals surface area contributed by atoms with Crippen molar-refractivity contribution in [3.63, 3.8) is 0 Å². The van der Waals surface area contributed by atoms with Gasteiger partial charge in [-0.05, 0) is 30.9 Å². The first kappa shape index (κ1) is 17.6. The summed E-state index contributed by atoms with van der Waals surface area (Å²) in [7, 11) is -1.11. The lowest BCUT2D eigenvalue weighted by Gasteiger charge is -2.14. The van der Waals surface area contributed by atoms with E-state index in [0.29, 0.717) is 24.9 Å². The minimum Gasteiger partial charge on any atom is -0.494 e. The van der Waals surface area contributed by atoms with Crippen molar-refractivity contribution in [2.75, 3.05) is 38.2 Å². The molecule has 0 bridgehead atoms. The van der Waals surface area contributed by atoms with Crippen LogP contribution in [0.4, 0.5) is 0 Å². The lowest BCUT2D eigenvalue weighted by atomic mass is 10.1. The zero-order chi connectivity index (χ0) is 16.5. The average molecular weight is 339 g/mol. The third-order valence-electron chi connectivity index (χ3n) is 3.73. The second-order valence-electron chi connectivity index (χ2n) is 5.66. The molecule has 1 fully saturated rings. The molecule has 1 atom stereocenters. The van der Waals surface area contributed by atoms with E-state index in [4.69, 9.17) is 4.74 Å². The van der Waals surface area contributed by atoms with E-state index in [1.165, 1.54) is 0 Å². The largest absolute Gasteiger partial charge is 0.494 e. The van der Waals surface area contributed by atoms with Crippen LogP contribution in [-0.2, 0) is 9.84 Å². The molecule has 0 saturated carbocycles. The van der Waals surface area contributed by atoms with Crippen LogP contribution in [0.2, 0.25) is 0 Å². The molecule has 0 aliphatic carbocycles. The van der Waals surface area contributed by atoms with Gasteiger partial charge in [0, 0.05) is 20.1 Å². The van der Waals surface area contributed by atoms with Gasteiger partial charge in [0.15, 0.2) is 15.8 Å². The van der Waals surface area contributed by atoms with Crippen molar-refractivity contribution in [1.29, 1.82) is 0 Å². The van der Waals surface area contributed by atoms with Gasteiger partial charge in [-0.15, -0.1) is 0 Å².